The van der Waals surface area contributed by atoms with E-state index < -0.39 is 5.82 Å². The highest BCUT2D eigenvalue weighted by atomic mass is 19.1. The summed E-state index contributed by atoms with van der Waals surface area (Å²) in [6.45, 7) is 4.58. The van der Waals surface area contributed by atoms with Crippen LogP contribution in [0.3, 0.4) is 0 Å². The Bertz CT molecular complexity index is 334. The van der Waals surface area contributed by atoms with Crippen LogP contribution in [0.2, 0.25) is 0 Å². The molecule has 84 valence electrons. The summed E-state index contributed by atoms with van der Waals surface area (Å²) < 4.78 is 26.1. The fourth-order valence-electron chi connectivity index (χ4n) is 1.31. The van der Waals surface area contributed by atoms with Crippen LogP contribution in [0, 0.1) is 17.0 Å². The Hall–Kier alpha value is -0.960. The van der Waals surface area contributed by atoms with Gasteiger partial charge in [-0.3, -0.25) is 0 Å². The van der Waals surface area contributed by atoms with Gasteiger partial charge in [-0.1, -0.05) is 13.8 Å². The molecule has 0 aromatic heterocycles. The minimum atomic E-state index is -0.392. The van der Waals surface area contributed by atoms with E-state index in [0.717, 1.165) is 12.5 Å². The van der Waals surface area contributed by atoms with Gasteiger partial charge in [0, 0.05) is 0 Å². The van der Waals surface area contributed by atoms with Gasteiger partial charge in [0.1, 0.15) is 11.6 Å². The molecule has 0 aliphatic heterocycles. The van der Waals surface area contributed by atoms with Crippen LogP contribution >= 0.6 is 0 Å². The molecule has 0 aliphatic rings. The Morgan fingerprint density at radius 1 is 1.27 bits per heavy atom. The molecule has 0 spiro atoms. The van der Waals surface area contributed by atoms with Crippen LogP contribution in [0.5, 0.6) is 0 Å². The monoisotopic (exact) mass is 213 g/mol. The number of nitrogens with two attached hydrogens (primary N) is 1. The first-order valence-electron chi connectivity index (χ1n) is 5.08. The Morgan fingerprint density at radius 3 is 2.53 bits per heavy atom. The zero-order valence-electron chi connectivity index (χ0n) is 9.19. The Balaban J connectivity index is 2.69. The second-order valence-corrected chi connectivity index (χ2v) is 4.60. The molecule has 1 aromatic carbocycles. The summed E-state index contributed by atoms with van der Waals surface area (Å²) in [5, 5.41) is 0. The molecule has 0 unspecified atom stereocenters. The zero-order chi connectivity index (χ0) is 11.5. The maximum Gasteiger partial charge on any atom is 0.126 e. The van der Waals surface area contributed by atoms with E-state index in [9.17, 15) is 8.78 Å². The van der Waals surface area contributed by atoms with Gasteiger partial charge in [-0.2, -0.15) is 0 Å². The van der Waals surface area contributed by atoms with Gasteiger partial charge in [0.25, 0.3) is 0 Å². The highest BCUT2D eigenvalue weighted by molar-refractivity contribution is 5.18. The van der Waals surface area contributed by atoms with E-state index in [1.165, 1.54) is 12.1 Å². The summed E-state index contributed by atoms with van der Waals surface area (Å²) in [6, 6.07) is 3.55. The van der Waals surface area contributed by atoms with Crippen molar-refractivity contribution in [2.75, 3.05) is 6.54 Å². The van der Waals surface area contributed by atoms with Crippen molar-refractivity contribution in [2.45, 2.75) is 26.7 Å². The van der Waals surface area contributed by atoms with Crippen molar-refractivity contribution in [3.05, 3.63) is 35.4 Å². The topological polar surface area (TPSA) is 26.0 Å². The average molecular weight is 213 g/mol. The first-order valence-corrected chi connectivity index (χ1v) is 5.08. The van der Waals surface area contributed by atoms with Crippen LogP contribution < -0.4 is 5.73 Å². The smallest absolute Gasteiger partial charge is 0.126 e. The molecule has 0 fully saturated rings. The predicted molar refractivity (Wildman–Crippen MR) is 57.5 cm³/mol. The average Bonchev–Trinajstić information content (AvgIpc) is 2.20. The molecular weight excluding hydrogens is 196 g/mol. The number of benzene rings is 1. The van der Waals surface area contributed by atoms with Crippen molar-refractivity contribution in [3.8, 4) is 0 Å². The lowest BCUT2D eigenvalue weighted by atomic mass is 9.86. The van der Waals surface area contributed by atoms with Crippen molar-refractivity contribution < 1.29 is 8.78 Å². The van der Waals surface area contributed by atoms with Crippen molar-refractivity contribution in [1.29, 1.82) is 0 Å². The van der Waals surface area contributed by atoms with E-state index in [1.807, 2.05) is 13.8 Å². The molecule has 0 saturated carbocycles. The maximum absolute atomic E-state index is 13.3. The highest BCUT2D eigenvalue weighted by Gasteiger charge is 2.16. The van der Waals surface area contributed by atoms with Gasteiger partial charge >= 0.3 is 0 Å². The minimum Gasteiger partial charge on any atom is -0.330 e. The van der Waals surface area contributed by atoms with E-state index in [2.05, 4.69) is 0 Å². The van der Waals surface area contributed by atoms with Gasteiger partial charge in [-0.25, -0.2) is 8.78 Å². The van der Waals surface area contributed by atoms with Gasteiger partial charge in [-0.05, 0) is 48.6 Å². The van der Waals surface area contributed by atoms with Crippen LogP contribution in [-0.2, 0) is 6.42 Å². The molecule has 0 saturated heterocycles. The highest BCUT2D eigenvalue weighted by Crippen LogP contribution is 2.22. The Kier molecular flexibility index (Phi) is 3.80. The third kappa shape index (κ3) is 3.59. The fraction of sp³-hybridized carbons (Fsp3) is 0.500. The summed E-state index contributed by atoms with van der Waals surface area (Å²) in [7, 11) is 0. The second-order valence-electron chi connectivity index (χ2n) is 4.60. The quantitative estimate of drug-likeness (QED) is 0.817. The first-order chi connectivity index (χ1) is 6.94. The van der Waals surface area contributed by atoms with Gasteiger partial charge in [0.2, 0.25) is 0 Å². The zero-order valence-corrected chi connectivity index (χ0v) is 9.19. The SMILES string of the molecule is CC(C)(CN)CCc1cc(F)ccc1F. The second kappa shape index (κ2) is 4.71. The summed E-state index contributed by atoms with van der Waals surface area (Å²) >= 11 is 0. The normalized spacial score (nSPS) is 11.8. The number of halogens is 2. The van der Waals surface area contributed by atoms with Crippen molar-refractivity contribution in [2.24, 2.45) is 11.1 Å². The van der Waals surface area contributed by atoms with Crippen LogP contribution in [0.25, 0.3) is 0 Å². The third-order valence-electron chi connectivity index (χ3n) is 2.63. The van der Waals surface area contributed by atoms with Crippen molar-refractivity contribution in [3.63, 3.8) is 0 Å². The molecule has 0 bridgehead atoms. The summed E-state index contributed by atoms with van der Waals surface area (Å²) in [4.78, 5) is 0. The van der Waals surface area contributed by atoms with E-state index in [4.69, 9.17) is 5.73 Å². The van der Waals surface area contributed by atoms with Gasteiger partial charge in [0.05, 0.1) is 0 Å². The number of aryl methyl sites for hydroxylation is 1. The van der Waals surface area contributed by atoms with Crippen LogP contribution in [0.1, 0.15) is 25.8 Å². The number of hydrogen-bond acceptors (Lipinski definition) is 1. The molecule has 0 aliphatic carbocycles. The van der Waals surface area contributed by atoms with Crippen LogP contribution in [0.4, 0.5) is 8.78 Å². The minimum absolute atomic E-state index is 0.0290. The molecule has 1 nitrogen and oxygen atoms in total. The van der Waals surface area contributed by atoms with Gasteiger partial charge in [-0.15, -0.1) is 0 Å². The third-order valence-corrected chi connectivity index (χ3v) is 2.63. The summed E-state index contributed by atoms with van der Waals surface area (Å²) in [5.41, 5.74) is 5.97. The maximum atomic E-state index is 13.3. The van der Waals surface area contributed by atoms with Crippen molar-refractivity contribution >= 4 is 0 Å². The lowest BCUT2D eigenvalue weighted by molar-refractivity contribution is 0.345. The lowest BCUT2D eigenvalue weighted by Gasteiger charge is -2.22. The summed E-state index contributed by atoms with van der Waals surface area (Å²) in [6.07, 6.45) is 1.28. The molecular formula is C12H17F2N. The molecule has 1 aromatic rings. The van der Waals surface area contributed by atoms with Crippen LogP contribution in [-0.4, -0.2) is 6.54 Å². The number of hydrogen-bond donors (Lipinski definition) is 1. The summed E-state index contributed by atoms with van der Waals surface area (Å²) in [5.74, 6) is -0.735. The van der Waals surface area contributed by atoms with E-state index in [1.54, 1.807) is 0 Å². The largest absolute Gasteiger partial charge is 0.330 e. The molecule has 0 heterocycles. The molecule has 0 radical (unpaired) electrons. The fourth-order valence-corrected chi connectivity index (χ4v) is 1.31. The first kappa shape index (κ1) is 12.1. The molecule has 0 amide bonds. The Morgan fingerprint density at radius 2 is 1.93 bits per heavy atom. The van der Waals surface area contributed by atoms with E-state index in [0.29, 0.717) is 18.5 Å². The van der Waals surface area contributed by atoms with Crippen molar-refractivity contribution in [1.82, 2.24) is 0 Å². The van der Waals surface area contributed by atoms with Crippen LogP contribution in [0.15, 0.2) is 18.2 Å². The molecule has 1 rings (SSSR count). The molecule has 3 heteroatoms. The van der Waals surface area contributed by atoms with Gasteiger partial charge in [0.15, 0.2) is 0 Å². The standard InChI is InChI=1S/C12H17F2N/c1-12(2,8-15)6-5-9-7-10(13)3-4-11(9)14/h3-4,7H,5-6,8,15H2,1-2H3. The molecule has 0 atom stereocenters. The molecule has 2 N–H and O–H groups in total. The predicted octanol–water partition coefficient (Wildman–Crippen LogP) is 2.88. The number of rotatable bonds is 4. The molecule has 15 heavy (non-hydrogen) atoms. The lowest BCUT2D eigenvalue weighted by Crippen LogP contribution is -2.24. The Labute approximate surface area is 89.3 Å². The van der Waals surface area contributed by atoms with E-state index in [-0.39, 0.29) is 11.2 Å². The van der Waals surface area contributed by atoms with E-state index >= 15 is 0 Å². The van der Waals surface area contributed by atoms with Gasteiger partial charge < -0.3 is 5.73 Å².